The SMILES string of the molecule is CN(C)c1ccccc1C(=O)Nc1ccc2[nH]c3c(c2c1)CC(N)CC3. The Labute approximate surface area is 153 Å². The minimum Gasteiger partial charge on any atom is -0.377 e. The first-order valence-corrected chi connectivity index (χ1v) is 8.99. The van der Waals surface area contributed by atoms with Crippen LogP contribution in [0.5, 0.6) is 0 Å². The molecule has 134 valence electrons. The number of amides is 1. The van der Waals surface area contributed by atoms with E-state index in [0.717, 1.165) is 41.5 Å². The average Bonchev–Trinajstić information content (AvgIpc) is 2.99. The van der Waals surface area contributed by atoms with Gasteiger partial charge in [0, 0.05) is 48.1 Å². The number of para-hydroxylation sites is 1. The summed E-state index contributed by atoms with van der Waals surface area (Å²) in [6.07, 6.45) is 2.89. The third-order valence-electron chi connectivity index (χ3n) is 5.11. The largest absolute Gasteiger partial charge is 0.377 e. The number of fused-ring (bicyclic) bond motifs is 3. The van der Waals surface area contributed by atoms with E-state index in [2.05, 4.69) is 16.4 Å². The summed E-state index contributed by atoms with van der Waals surface area (Å²) in [5.41, 5.74) is 12.2. The highest BCUT2D eigenvalue weighted by molar-refractivity contribution is 6.08. The molecule has 4 rings (SSSR count). The van der Waals surface area contributed by atoms with Gasteiger partial charge in [0.25, 0.3) is 5.91 Å². The van der Waals surface area contributed by atoms with Crippen LogP contribution in [0.1, 0.15) is 28.0 Å². The van der Waals surface area contributed by atoms with Crippen molar-refractivity contribution in [1.82, 2.24) is 4.98 Å². The minimum absolute atomic E-state index is 0.102. The van der Waals surface area contributed by atoms with E-state index in [1.165, 1.54) is 11.3 Å². The fourth-order valence-electron chi connectivity index (χ4n) is 3.78. The van der Waals surface area contributed by atoms with Crippen molar-refractivity contribution in [3.05, 3.63) is 59.3 Å². The number of H-pyrrole nitrogens is 1. The predicted octanol–water partition coefficient (Wildman–Crippen LogP) is 3.30. The van der Waals surface area contributed by atoms with Crippen molar-refractivity contribution in [1.29, 1.82) is 0 Å². The Kier molecular flexibility index (Phi) is 4.17. The second-order valence-corrected chi connectivity index (χ2v) is 7.21. The Morgan fingerprint density at radius 1 is 1.23 bits per heavy atom. The molecule has 3 aromatic rings. The summed E-state index contributed by atoms with van der Waals surface area (Å²) < 4.78 is 0. The number of carbonyl (C=O) groups is 1. The van der Waals surface area contributed by atoms with Gasteiger partial charge in [-0.1, -0.05) is 12.1 Å². The van der Waals surface area contributed by atoms with Crippen LogP contribution in [0, 0.1) is 0 Å². The molecule has 1 aliphatic carbocycles. The number of benzene rings is 2. The summed E-state index contributed by atoms with van der Waals surface area (Å²) in [6.45, 7) is 0. The molecule has 2 aromatic carbocycles. The Morgan fingerprint density at radius 2 is 2.04 bits per heavy atom. The van der Waals surface area contributed by atoms with E-state index in [1.54, 1.807) is 0 Å². The number of rotatable bonds is 3. The summed E-state index contributed by atoms with van der Waals surface area (Å²) in [5, 5.41) is 4.20. The third-order valence-corrected chi connectivity index (χ3v) is 5.11. The Balaban J connectivity index is 1.66. The van der Waals surface area contributed by atoms with Crippen LogP contribution in [0.3, 0.4) is 0 Å². The first-order chi connectivity index (χ1) is 12.5. The number of nitrogens with one attached hydrogen (secondary N) is 2. The van der Waals surface area contributed by atoms with E-state index >= 15 is 0 Å². The molecule has 0 fully saturated rings. The van der Waals surface area contributed by atoms with E-state index < -0.39 is 0 Å². The lowest BCUT2D eigenvalue weighted by molar-refractivity contribution is 0.102. The van der Waals surface area contributed by atoms with Gasteiger partial charge in [0.05, 0.1) is 5.56 Å². The molecule has 0 saturated carbocycles. The first-order valence-electron chi connectivity index (χ1n) is 8.99. The predicted molar refractivity (Wildman–Crippen MR) is 107 cm³/mol. The molecule has 0 aliphatic heterocycles. The van der Waals surface area contributed by atoms with Crippen LogP contribution in [-0.2, 0) is 12.8 Å². The Hall–Kier alpha value is -2.79. The van der Waals surface area contributed by atoms with Crippen LogP contribution in [0.2, 0.25) is 0 Å². The number of anilines is 2. The van der Waals surface area contributed by atoms with Gasteiger partial charge in [-0.25, -0.2) is 0 Å². The maximum absolute atomic E-state index is 12.8. The highest BCUT2D eigenvalue weighted by Gasteiger charge is 2.20. The summed E-state index contributed by atoms with van der Waals surface area (Å²) >= 11 is 0. The number of aryl methyl sites for hydroxylation is 1. The second kappa shape index (κ2) is 6.50. The number of hydrogen-bond donors (Lipinski definition) is 3. The van der Waals surface area contributed by atoms with Gasteiger partial charge in [-0.2, -0.15) is 0 Å². The number of nitrogens with zero attached hydrogens (tertiary/aromatic N) is 1. The maximum atomic E-state index is 12.8. The molecule has 1 atom stereocenters. The van der Waals surface area contributed by atoms with E-state index in [1.807, 2.05) is 55.4 Å². The number of carbonyl (C=O) groups excluding carboxylic acids is 1. The van der Waals surface area contributed by atoms with Gasteiger partial charge < -0.3 is 20.9 Å². The number of nitrogens with two attached hydrogens (primary N) is 1. The highest BCUT2D eigenvalue weighted by atomic mass is 16.1. The topological polar surface area (TPSA) is 74.2 Å². The van der Waals surface area contributed by atoms with Gasteiger partial charge in [-0.3, -0.25) is 4.79 Å². The van der Waals surface area contributed by atoms with Gasteiger partial charge in [-0.15, -0.1) is 0 Å². The molecule has 1 unspecified atom stereocenters. The van der Waals surface area contributed by atoms with Crippen molar-refractivity contribution < 1.29 is 4.79 Å². The number of aromatic amines is 1. The van der Waals surface area contributed by atoms with Gasteiger partial charge in [0.1, 0.15) is 0 Å². The van der Waals surface area contributed by atoms with E-state index in [0.29, 0.717) is 5.56 Å². The van der Waals surface area contributed by atoms with Crippen LogP contribution < -0.4 is 16.0 Å². The third kappa shape index (κ3) is 2.95. The van der Waals surface area contributed by atoms with Gasteiger partial charge in [-0.05, 0) is 55.2 Å². The quantitative estimate of drug-likeness (QED) is 0.680. The van der Waals surface area contributed by atoms with Crippen LogP contribution in [0.4, 0.5) is 11.4 Å². The molecule has 0 saturated heterocycles. The smallest absolute Gasteiger partial charge is 0.257 e. The molecule has 0 spiro atoms. The van der Waals surface area contributed by atoms with Gasteiger partial charge in [0.2, 0.25) is 0 Å². The van der Waals surface area contributed by atoms with Crippen molar-refractivity contribution in [3.63, 3.8) is 0 Å². The molecule has 1 heterocycles. The number of aromatic nitrogens is 1. The zero-order valence-corrected chi connectivity index (χ0v) is 15.2. The van der Waals surface area contributed by atoms with Gasteiger partial charge in [0.15, 0.2) is 0 Å². The monoisotopic (exact) mass is 348 g/mol. The molecule has 4 N–H and O–H groups in total. The Bertz CT molecular complexity index is 973. The van der Waals surface area contributed by atoms with Crippen LogP contribution in [-0.4, -0.2) is 31.0 Å². The lowest BCUT2D eigenvalue weighted by Gasteiger charge is -2.18. The highest BCUT2D eigenvalue weighted by Crippen LogP contribution is 2.31. The lowest BCUT2D eigenvalue weighted by atomic mass is 9.92. The second-order valence-electron chi connectivity index (χ2n) is 7.21. The van der Waals surface area contributed by atoms with Crippen molar-refractivity contribution >= 4 is 28.2 Å². The fourth-order valence-corrected chi connectivity index (χ4v) is 3.78. The number of hydrogen-bond acceptors (Lipinski definition) is 3. The van der Waals surface area contributed by atoms with Crippen LogP contribution in [0.15, 0.2) is 42.5 Å². The maximum Gasteiger partial charge on any atom is 0.257 e. The molecular weight excluding hydrogens is 324 g/mol. The fraction of sp³-hybridized carbons (Fsp3) is 0.286. The zero-order chi connectivity index (χ0) is 18.3. The van der Waals surface area contributed by atoms with E-state index in [9.17, 15) is 4.79 Å². The molecule has 26 heavy (non-hydrogen) atoms. The minimum atomic E-state index is -0.102. The van der Waals surface area contributed by atoms with Crippen LogP contribution in [0.25, 0.3) is 10.9 Å². The molecule has 5 heteroatoms. The first kappa shape index (κ1) is 16.7. The molecule has 1 amide bonds. The van der Waals surface area contributed by atoms with Crippen molar-refractivity contribution in [3.8, 4) is 0 Å². The van der Waals surface area contributed by atoms with E-state index in [4.69, 9.17) is 5.73 Å². The normalized spacial score (nSPS) is 16.3. The lowest BCUT2D eigenvalue weighted by Crippen LogP contribution is -2.27. The van der Waals surface area contributed by atoms with Crippen molar-refractivity contribution in [2.45, 2.75) is 25.3 Å². The summed E-state index contributed by atoms with van der Waals surface area (Å²) in [4.78, 5) is 18.2. The van der Waals surface area contributed by atoms with Crippen LogP contribution >= 0.6 is 0 Å². The molecule has 5 nitrogen and oxygen atoms in total. The standard InChI is InChI=1S/C21H24N4O/c1-25(2)20-6-4-3-5-15(20)21(26)23-14-8-10-19-17(12-14)16-11-13(22)7-9-18(16)24-19/h3-6,8,10,12-13,24H,7,9,11,22H2,1-2H3,(H,23,26). The molecule has 0 radical (unpaired) electrons. The summed E-state index contributed by atoms with van der Waals surface area (Å²) in [5.74, 6) is -0.102. The average molecular weight is 348 g/mol. The summed E-state index contributed by atoms with van der Waals surface area (Å²) in [7, 11) is 3.88. The molecular formula is C21H24N4O. The van der Waals surface area contributed by atoms with Crippen molar-refractivity contribution in [2.24, 2.45) is 5.73 Å². The summed E-state index contributed by atoms with van der Waals surface area (Å²) in [6, 6.07) is 13.9. The van der Waals surface area contributed by atoms with Gasteiger partial charge >= 0.3 is 0 Å². The molecule has 1 aliphatic rings. The zero-order valence-electron chi connectivity index (χ0n) is 15.2. The molecule has 0 bridgehead atoms. The molecule has 1 aromatic heterocycles. The van der Waals surface area contributed by atoms with Crippen molar-refractivity contribution in [2.75, 3.05) is 24.3 Å². The van der Waals surface area contributed by atoms with E-state index in [-0.39, 0.29) is 11.9 Å². The Morgan fingerprint density at radius 3 is 2.85 bits per heavy atom.